The van der Waals surface area contributed by atoms with Gasteiger partial charge >= 0.3 is 0 Å². The molecule has 1 N–H and O–H groups in total. The standard InChI is InChI=1S/C16H22N4O/c1-12(2)18-10-13-9-17-11-16(19-13)21-15-7-5-6-14(8-15)20(3)4/h5-9,11-12,18H,10H2,1-4H3. The predicted octanol–water partition coefficient (Wildman–Crippen LogP) is 2.83. The van der Waals surface area contributed by atoms with E-state index >= 15 is 0 Å². The fourth-order valence-electron chi connectivity index (χ4n) is 1.78. The van der Waals surface area contributed by atoms with Crippen LogP contribution in [0.2, 0.25) is 0 Å². The summed E-state index contributed by atoms with van der Waals surface area (Å²) in [6, 6.07) is 8.28. The molecule has 0 atom stereocenters. The number of nitrogens with one attached hydrogen (secondary N) is 1. The van der Waals surface area contributed by atoms with Crippen LogP contribution in [-0.4, -0.2) is 30.1 Å². The van der Waals surface area contributed by atoms with Gasteiger partial charge in [-0.2, -0.15) is 0 Å². The number of nitrogens with zero attached hydrogens (tertiary/aromatic N) is 3. The van der Waals surface area contributed by atoms with Gasteiger partial charge in [0, 0.05) is 44.6 Å². The third-order valence-corrected chi connectivity index (χ3v) is 2.91. The van der Waals surface area contributed by atoms with Gasteiger partial charge in [-0.05, 0) is 12.1 Å². The first-order valence-electron chi connectivity index (χ1n) is 7.04. The Kier molecular flexibility index (Phi) is 5.11. The lowest BCUT2D eigenvalue weighted by atomic mass is 10.3. The minimum atomic E-state index is 0.410. The zero-order valence-electron chi connectivity index (χ0n) is 13.0. The number of hydrogen-bond donors (Lipinski definition) is 1. The van der Waals surface area contributed by atoms with Gasteiger partial charge in [0.05, 0.1) is 11.9 Å². The number of ether oxygens (including phenoxy) is 1. The van der Waals surface area contributed by atoms with Crippen LogP contribution in [-0.2, 0) is 6.54 Å². The second-order valence-corrected chi connectivity index (χ2v) is 5.38. The summed E-state index contributed by atoms with van der Waals surface area (Å²) >= 11 is 0. The summed E-state index contributed by atoms with van der Waals surface area (Å²) in [6.45, 7) is 4.88. The van der Waals surface area contributed by atoms with Crippen molar-refractivity contribution >= 4 is 5.69 Å². The second-order valence-electron chi connectivity index (χ2n) is 5.38. The van der Waals surface area contributed by atoms with Crippen LogP contribution in [0.3, 0.4) is 0 Å². The van der Waals surface area contributed by atoms with Crippen LogP contribution in [0.25, 0.3) is 0 Å². The highest BCUT2D eigenvalue weighted by molar-refractivity contribution is 5.49. The maximum absolute atomic E-state index is 5.79. The van der Waals surface area contributed by atoms with Crippen LogP contribution in [0.1, 0.15) is 19.5 Å². The van der Waals surface area contributed by atoms with E-state index in [0.717, 1.165) is 17.1 Å². The molecule has 0 unspecified atom stereocenters. The molecule has 0 fully saturated rings. The summed E-state index contributed by atoms with van der Waals surface area (Å²) in [5, 5.41) is 3.31. The number of benzene rings is 1. The maximum atomic E-state index is 5.79. The monoisotopic (exact) mass is 286 g/mol. The van der Waals surface area contributed by atoms with Crippen LogP contribution >= 0.6 is 0 Å². The van der Waals surface area contributed by atoms with Gasteiger partial charge < -0.3 is 15.0 Å². The molecule has 1 aromatic heterocycles. The highest BCUT2D eigenvalue weighted by Crippen LogP contribution is 2.23. The van der Waals surface area contributed by atoms with Crippen LogP contribution < -0.4 is 15.0 Å². The first-order chi connectivity index (χ1) is 10.0. The molecule has 0 saturated carbocycles. The number of aromatic nitrogens is 2. The molecule has 0 amide bonds. The lowest BCUT2D eigenvalue weighted by molar-refractivity contribution is 0.455. The molecule has 2 aromatic rings. The second kappa shape index (κ2) is 7.04. The Morgan fingerprint density at radius 2 is 2.05 bits per heavy atom. The van der Waals surface area contributed by atoms with Crippen LogP contribution in [0.4, 0.5) is 5.69 Å². The quantitative estimate of drug-likeness (QED) is 0.885. The molecular weight excluding hydrogens is 264 g/mol. The number of hydrogen-bond acceptors (Lipinski definition) is 5. The van der Waals surface area contributed by atoms with Crippen molar-refractivity contribution in [3.8, 4) is 11.6 Å². The molecule has 0 aliphatic carbocycles. The molecule has 2 rings (SSSR count). The zero-order valence-corrected chi connectivity index (χ0v) is 13.0. The van der Waals surface area contributed by atoms with Crippen molar-refractivity contribution in [3.63, 3.8) is 0 Å². The Morgan fingerprint density at radius 3 is 2.76 bits per heavy atom. The molecular formula is C16H22N4O. The Balaban J connectivity index is 2.09. The van der Waals surface area contributed by atoms with E-state index in [0.29, 0.717) is 18.5 Å². The van der Waals surface area contributed by atoms with Crippen molar-refractivity contribution in [2.45, 2.75) is 26.4 Å². The van der Waals surface area contributed by atoms with Gasteiger partial charge in [0.1, 0.15) is 5.75 Å². The summed E-state index contributed by atoms with van der Waals surface area (Å²) in [4.78, 5) is 10.7. The highest BCUT2D eigenvalue weighted by atomic mass is 16.5. The summed E-state index contributed by atoms with van der Waals surface area (Å²) in [6.07, 6.45) is 3.37. The average molecular weight is 286 g/mol. The van der Waals surface area contributed by atoms with Crippen LogP contribution in [0.5, 0.6) is 11.6 Å². The first-order valence-corrected chi connectivity index (χ1v) is 7.04. The Bertz CT molecular complexity index is 584. The summed E-state index contributed by atoms with van der Waals surface area (Å²) < 4.78 is 5.79. The van der Waals surface area contributed by atoms with E-state index in [1.807, 2.05) is 43.3 Å². The molecule has 5 heteroatoms. The summed E-state index contributed by atoms with van der Waals surface area (Å²) in [5.41, 5.74) is 1.95. The molecule has 1 aromatic carbocycles. The molecule has 0 radical (unpaired) electrons. The molecule has 0 saturated heterocycles. The number of rotatable bonds is 6. The van der Waals surface area contributed by atoms with Gasteiger partial charge in [0.15, 0.2) is 0 Å². The van der Waals surface area contributed by atoms with E-state index in [9.17, 15) is 0 Å². The molecule has 0 bridgehead atoms. The van der Waals surface area contributed by atoms with Crippen molar-refractivity contribution in [1.29, 1.82) is 0 Å². The lowest BCUT2D eigenvalue weighted by Gasteiger charge is -2.14. The van der Waals surface area contributed by atoms with E-state index < -0.39 is 0 Å². The van der Waals surface area contributed by atoms with Gasteiger partial charge in [0.2, 0.25) is 5.88 Å². The van der Waals surface area contributed by atoms with Gasteiger partial charge in [-0.25, -0.2) is 4.98 Å². The van der Waals surface area contributed by atoms with Crippen LogP contribution in [0, 0.1) is 0 Å². The van der Waals surface area contributed by atoms with Gasteiger partial charge in [-0.1, -0.05) is 19.9 Å². The normalized spacial score (nSPS) is 10.7. The molecule has 5 nitrogen and oxygen atoms in total. The fourth-order valence-corrected chi connectivity index (χ4v) is 1.78. The van der Waals surface area contributed by atoms with Crippen LogP contribution in [0.15, 0.2) is 36.7 Å². The van der Waals surface area contributed by atoms with E-state index in [4.69, 9.17) is 4.74 Å². The SMILES string of the molecule is CC(C)NCc1cncc(Oc2cccc(N(C)C)c2)n1. The number of anilines is 1. The van der Waals surface area contributed by atoms with Crippen molar-refractivity contribution < 1.29 is 4.74 Å². The first kappa shape index (κ1) is 15.3. The molecule has 112 valence electrons. The Labute approximate surface area is 126 Å². The van der Waals surface area contributed by atoms with Crippen molar-refractivity contribution in [3.05, 3.63) is 42.4 Å². The van der Waals surface area contributed by atoms with E-state index in [2.05, 4.69) is 29.1 Å². The average Bonchev–Trinajstić information content (AvgIpc) is 2.46. The molecule has 21 heavy (non-hydrogen) atoms. The van der Waals surface area contributed by atoms with Crippen molar-refractivity contribution in [2.24, 2.45) is 0 Å². The molecule has 0 aliphatic heterocycles. The third kappa shape index (κ3) is 4.72. The highest BCUT2D eigenvalue weighted by Gasteiger charge is 2.04. The maximum Gasteiger partial charge on any atom is 0.238 e. The van der Waals surface area contributed by atoms with Crippen molar-refractivity contribution in [1.82, 2.24) is 15.3 Å². The van der Waals surface area contributed by atoms with Gasteiger partial charge in [0.25, 0.3) is 0 Å². The largest absolute Gasteiger partial charge is 0.437 e. The Morgan fingerprint density at radius 1 is 1.24 bits per heavy atom. The van der Waals surface area contributed by atoms with Gasteiger partial charge in [-0.3, -0.25) is 4.98 Å². The minimum absolute atomic E-state index is 0.410. The molecule has 0 aliphatic rings. The third-order valence-electron chi connectivity index (χ3n) is 2.91. The zero-order chi connectivity index (χ0) is 15.2. The smallest absolute Gasteiger partial charge is 0.238 e. The summed E-state index contributed by atoms with van der Waals surface area (Å²) in [7, 11) is 3.99. The molecule has 1 heterocycles. The lowest BCUT2D eigenvalue weighted by Crippen LogP contribution is -2.22. The Hall–Kier alpha value is -2.14. The van der Waals surface area contributed by atoms with Crippen molar-refractivity contribution in [2.75, 3.05) is 19.0 Å². The van der Waals surface area contributed by atoms with E-state index in [1.54, 1.807) is 12.4 Å². The topological polar surface area (TPSA) is 50.3 Å². The predicted molar refractivity (Wildman–Crippen MR) is 84.9 cm³/mol. The van der Waals surface area contributed by atoms with Gasteiger partial charge in [-0.15, -0.1) is 0 Å². The molecule has 0 spiro atoms. The minimum Gasteiger partial charge on any atom is -0.437 e. The van der Waals surface area contributed by atoms with E-state index in [-0.39, 0.29) is 0 Å². The van der Waals surface area contributed by atoms with E-state index in [1.165, 1.54) is 0 Å². The fraction of sp³-hybridized carbons (Fsp3) is 0.375. The summed E-state index contributed by atoms with van der Waals surface area (Å²) in [5.74, 6) is 1.26.